The van der Waals surface area contributed by atoms with Crippen molar-refractivity contribution < 1.29 is 19.4 Å². The normalized spacial score (nSPS) is 23.9. The average Bonchev–Trinajstić information content (AvgIpc) is 3.63. The monoisotopic (exact) mass is 643 g/mol. The fraction of sp³-hybridized carbons (Fsp3) is 0.618. The van der Waals surface area contributed by atoms with Crippen LogP contribution in [0.3, 0.4) is 0 Å². The quantitative estimate of drug-likeness (QED) is 0.394. The molecule has 13 nitrogen and oxygen atoms in total. The molecule has 47 heavy (non-hydrogen) atoms. The highest BCUT2D eigenvalue weighted by Gasteiger charge is 2.34. The van der Waals surface area contributed by atoms with Gasteiger partial charge in [0, 0.05) is 49.8 Å². The summed E-state index contributed by atoms with van der Waals surface area (Å²) in [6, 6.07) is 6.77. The smallest absolute Gasteiger partial charge is 0.407 e. The van der Waals surface area contributed by atoms with E-state index in [1.165, 1.54) is 10.5 Å². The number of aryl methyl sites for hydroxylation is 1. The third-order valence-electron chi connectivity index (χ3n) is 10.4. The van der Waals surface area contributed by atoms with Crippen LogP contribution >= 0.6 is 0 Å². The Kier molecular flexibility index (Phi) is 9.05. The van der Waals surface area contributed by atoms with Crippen LogP contribution in [-0.4, -0.2) is 106 Å². The molecule has 0 aliphatic carbocycles. The molecule has 1 N–H and O–H groups in total. The van der Waals surface area contributed by atoms with E-state index in [1.807, 2.05) is 10.9 Å². The molecule has 3 fully saturated rings. The van der Waals surface area contributed by atoms with Crippen LogP contribution in [0.25, 0.3) is 10.9 Å². The first kappa shape index (κ1) is 31.4. The van der Waals surface area contributed by atoms with Crippen molar-refractivity contribution in [2.24, 2.45) is 0 Å². The first-order valence-corrected chi connectivity index (χ1v) is 17.1. The topological polar surface area (TPSA) is 136 Å². The minimum Gasteiger partial charge on any atom is -0.465 e. The predicted octanol–water partition coefficient (Wildman–Crippen LogP) is 4.34. The molecule has 0 saturated carbocycles. The number of rotatable bonds is 7. The zero-order valence-electron chi connectivity index (χ0n) is 27.5. The molecule has 1 unspecified atom stereocenters. The number of ether oxygens (including phenoxy) is 2. The van der Waals surface area contributed by atoms with E-state index >= 15 is 0 Å². The third kappa shape index (κ3) is 6.28. The highest BCUT2D eigenvalue weighted by atomic mass is 16.5. The molecule has 0 radical (unpaired) electrons. The van der Waals surface area contributed by atoms with Gasteiger partial charge < -0.3 is 34.2 Å². The maximum absolute atomic E-state index is 12.0. The number of nitrogens with zero attached hydrogens (tertiary/aromatic N) is 9. The molecule has 3 saturated heterocycles. The Morgan fingerprint density at radius 1 is 1.09 bits per heavy atom. The first-order valence-electron chi connectivity index (χ1n) is 17.1. The van der Waals surface area contributed by atoms with Gasteiger partial charge in [-0.05, 0) is 77.1 Å². The highest BCUT2D eigenvalue weighted by Crippen LogP contribution is 2.37. The lowest BCUT2D eigenvalue weighted by atomic mass is 10.1. The number of likely N-dealkylation sites (tertiary alicyclic amines) is 1. The van der Waals surface area contributed by atoms with Crippen LogP contribution in [0.5, 0.6) is 6.01 Å². The number of likely N-dealkylation sites (N-methyl/N-ethyl adjacent to an activating group) is 1. The van der Waals surface area contributed by atoms with Gasteiger partial charge in [-0.25, -0.2) is 9.48 Å². The third-order valence-corrected chi connectivity index (χ3v) is 10.4. The number of hydrogen-bond acceptors (Lipinski definition) is 10. The Labute approximate surface area is 275 Å². The van der Waals surface area contributed by atoms with Crippen LogP contribution in [0, 0.1) is 18.3 Å². The number of piperazine rings is 1. The summed E-state index contributed by atoms with van der Waals surface area (Å²) in [7, 11) is 2.13. The van der Waals surface area contributed by atoms with Crippen molar-refractivity contribution in [3.8, 4) is 12.1 Å². The fourth-order valence-electron chi connectivity index (χ4n) is 7.83. The van der Waals surface area contributed by atoms with E-state index in [4.69, 9.17) is 24.5 Å². The van der Waals surface area contributed by atoms with E-state index in [0.29, 0.717) is 44.8 Å². The van der Waals surface area contributed by atoms with Crippen molar-refractivity contribution in [3.63, 3.8) is 0 Å². The molecule has 6 heterocycles. The van der Waals surface area contributed by atoms with Gasteiger partial charge in [-0.15, -0.1) is 0 Å². The van der Waals surface area contributed by atoms with Crippen LogP contribution in [0.2, 0.25) is 0 Å². The van der Waals surface area contributed by atoms with Crippen LogP contribution in [0.4, 0.5) is 16.3 Å². The lowest BCUT2D eigenvalue weighted by Crippen LogP contribution is -2.55. The average molecular weight is 644 g/mol. The molecule has 4 aliphatic rings. The van der Waals surface area contributed by atoms with Crippen molar-refractivity contribution in [2.75, 3.05) is 62.8 Å². The highest BCUT2D eigenvalue weighted by molar-refractivity contribution is 5.94. The van der Waals surface area contributed by atoms with Gasteiger partial charge in [0.2, 0.25) is 0 Å². The predicted molar refractivity (Wildman–Crippen MR) is 177 cm³/mol. The Bertz CT molecular complexity index is 1650. The lowest BCUT2D eigenvalue weighted by molar-refractivity contribution is -0.0366. The van der Waals surface area contributed by atoms with Gasteiger partial charge >= 0.3 is 12.1 Å². The molecule has 1 aromatic carbocycles. The van der Waals surface area contributed by atoms with Crippen LogP contribution in [-0.2, 0) is 17.7 Å². The standard InChI is InChI=1S/C34H45N9O4/c1-23-10-11-29-27(19-36-43(29)30-9-3-4-18-46-30)31(23)40-15-6-8-26-28(21-40)37-33(47-22-25-7-5-14-39(25)2)38-32(26)41-16-17-42(34(44)45)24(20-41)12-13-35/h10-11,19,24-25,30H,3-9,12,14-18,20-22H2,1-2H3,(H,44,45)/t24-,25-,30?/m0/s1. The molecule has 0 bridgehead atoms. The van der Waals surface area contributed by atoms with Crippen LogP contribution in [0.15, 0.2) is 18.3 Å². The number of nitriles is 1. The van der Waals surface area contributed by atoms with Crippen molar-refractivity contribution in [1.29, 1.82) is 5.26 Å². The first-order chi connectivity index (χ1) is 22.9. The number of aromatic nitrogens is 4. The summed E-state index contributed by atoms with van der Waals surface area (Å²) in [5, 5.41) is 25.2. The Morgan fingerprint density at radius 3 is 2.74 bits per heavy atom. The molecular formula is C34H45N9O4. The number of hydrogen-bond donors (Lipinski definition) is 1. The SMILES string of the molecule is Cc1ccc2c(cnn2C2CCCCO2)c1N1CCCc2c(nc(OC[C@@H]3CCCN3C)nc2N2CCN(C(=O)O)[C@@H](CC#N)C2)C1. The second-order valence-electron chi connectivity index (χ2n) is 13.4. The summed E-state index contributed by atoms with van der Waals surface area (Å²) in [6.45, 7) is 7.13. The summed E-state index contributed by atoms with van der Waals surface area (Å²) in [5.41, 5.74) is 5.43. The summed E-state index contributed by atoms with van der Waals surface area (Å²) < 4.78 is 14.5. The summed E-state index contributed by atoms with van der Waals surface area (Å²) >= 11 is 0. The largest absolute Gasteiger partial charge is 0.465 e. The van der Waals surface area contributed by atoms with Gasteiger partial charge in [-0.1, -0.05) is 6.07 Å². The zero-order valence-corrected chi connectivity index (χ0v) is 27.5. The van der Waals surface area contributed by atoms with Gasteiger partial charge in [0.1, 0.15) is 12.4 Å². The van der Waals surface area contributed by atoms with Gasteiger partial charge in [-0.2, -0.15) is 20.3 Å². The number of benzene rings is 1. The fourth-order valence-corrected chi connectivity index (χ4v) is 7.83. The number of fused-ring (bicyclic) bond motifs is 2. The van der Waals surface area contributed by atoms with Crippen molar-refractivity contribution in [2.45, 2.75) is 83.1 Å². The van der Waals surface area contributed by atoms with Gasteiger partial charge in [0.05, 0.1) is 48.2 Å². The molecule has 250 valence electrons. The molecule has 2 aromatic heterocycles. The van der Waals surface area contributed by atoms with Gasteiger partial charge in [0.25, 0.3) is 0 Å². The minimum absolute atomic E-state index is 0.0398. The van der Waals surface area contributed by atoms with Crippen LogP contribution < -0.4 is 14.5 Å². The number of carbonyl (C=O) groups is 1. The number of anilines is 2. The van der Waals surface area contributed by atoms with Crippen molar-refractivity contribution >= 4 is 28.5 Å². The molecule has 7 rings (SSSR count). The molecule has 3 atom stereocenters. The van der Waals surface area contributed by atoms with E-state index in [1.54, 1.807) is 0 Å². The van der Waals surface area contributed by atoms with E-state index in [-0.39, 0.29) is 12.6 Å². The van der Waals surface area contributed by atoms with Gasteiger partial charge in [0.15, 0.2) is 6.23 Å². The molecule has 3 aromatic rings. The maximum Gasteiger partial charge on any atom is 0.407 e. The second kappa shape index (κ2) is 13.5. The molecular weight excluding hydrogens is 598 g/mol. The summed E-state index contributed by atoms with van der Waals surface area (Å²) in [4.78, 5) is 30.3. The van der Waals surface area contributed by atoms with E-state index in [9.17, 15) is 15.2 Å². The van der Waals surface area contributed by atoms with E-state index in [0.717, 1.165) is 98.3 Å². The Morgan fingerprint density at radius 2 is 1.98 bits per heavy atom. The Hall–Kier alpha value is -4.15. The maximum atomic E-state index is 12.0. The number of carboxylic acid groups (broad SMARTS) is 1. The molecule has 4 aliphatic heterocycles. The second-order valence-corrected chi connectivity index (χ2v) is 13.4. The molecule has 0 spiro atoms. The van der Waals surface area contributed by atoms with E-state index < -0.39 is 12.1 Å². The van der Waals surface area contributed by atoms with Gasteiger partial charge in [-0.3, -0.25) is 0 Å². The minimum atomic E-state index is -0.991. The Balaban J connectivity index is 1.24. The van der Waals surface area contributed by atoms with Crippen molar-refractivity contribution in [1.82, 2.24) is 29.5 Å². The van der Waals surface area contributed by atoms with Crippen molar-refractivity contribution in [3.05, 3.63) is 35.2 Å². The summed E-state index contributed by atoms with van der Waals surface area (Å²) in [5.74, 6) is 0.803. The summed E-state index contributed by atoms with van der Waals surface area (Å²) in [6.07, 6.45) is 8.20. The number of amides is 1. The van der Waals surface area contributed by atoms with Crippen LogP contribution in [0.1, 0.15) is 68.0 Å². The molecule has 1 amide bonds. The zero-order chi connectivity index (χ0) is 32.5. The molecule has 13 heteroatoms. The van der Waals surface area contributed by atoms with E-state index in [2.05, 4.69) is 46.9 Å². The lowest BCUT2D eigenvalue weighted by Gasteiger charge is -2.40.